The number of carboxylic acid groups (broad SMARTS) is 2. The van der Waals surface area contributed by atoms with Crippen LogP contribution in [0.25, 0.3) is 0 Å². The van der Waals surface area contributed by atoms with Gasteiger partial charge in [-0.3, -0.25) is 14.4 Å². The molecule has 10 nitrogen and oxygen atoms in total. The monoisotopic (exact) mass is 493 g/mol. The topological polar surface area (TPSA) is 153 Å². The van der Waals surface area contributed by atoms with Gasteiger partial charge in [0.25, 0.3) is 5.91 Å². The molecule has 0 fully saturated rings. The molecule has 11 heteroatoms. The van der Waals surface area contributed by atoms with Crippen molar-refractivity contribution in [1.82, 2.24) is 0 Å². The molecule has 0 radical (unpaired) electrons. The van der Waals surface area contributed by atoms with Gasteiger partial charge in [-0.25, -0.2) is 4.39 Å². The first-order chi connectivity index (χ1) is 16.4. The number of carboxylic acids is 2. The van der Waals surface area contributed by atoms with Crippen LogP contribution in [-0.2, 0) is 20.8 Å². The highest BCUT2D eigenvalue weighted by molar-refractivity contribution is 5.96. The average molecular weight is 494 g/mol. The van der Waals surface area contributed by atoms with Crippen LogP contribution < -0.4 is 10.1 Å². The molecule has 0 saturated carbocycles. The first-order valence-corrected chi connectivity index (χ1v) is 10.8. The maximum absolute atomic E-state index is 13.0. The fourth-order valence-corrected chi connectivity index (χ4v) is 3.42. The fourth-order valence-electron chi connectivity index (χ4n) is 3.42. The lowest BCUT2D eigenvalue weighted by Gasteiger charge is -2.33. The van der Waals surface area contributed by atoms with E-state index in [0.29, 0.717) is 28.0 Å². The van der Waals surface area contributed by atoms with Crippen molar-refractivity contribution in [3.63, 3.8) is 0 Å². The third-order valence-corrected chi connectivity index (χ3v) is 5.22. The maximum atomic E-state index is 13.0. The normalized spacial score (nSPS) is 13.4. The van der Waals surface area contributed by atoms with Gasteiger partial charge in [0.15, 0.2) is 6.61 Å². The maximum Gasteiger partial charge on any atom is 0.303 e. The number of aromatic hydroxyl groups is 1. The zero-order valence-electron chi connectivity index (χ0n) is 19.5. The van der Waals surface area contributed by atoms with Gasteiger partial charge in [0.2, 0.25) is 0 Å². The lowest BCUT2D eigenvalue weighted by Crippen LogP contribution is -2.44. The summed E-state index contributed by atoms with van der Waals surface area (Å²) in [5, 5.41) is 39.1. The second-order valence-electron chi connectivity index (χ2n) is 8.77. The molecule has 0 saturated heterocycles. The number of aliphatic carboxylic acids is 2. The van der Waals surface area contributed by atoms with Crippen LogP contribution in [0.4, 0.5) is 10.1 Å². The van der Waals surface area contributed by atoms with Gasteiger partial charge in [0.1, 0.15) is 30.0 Å². The van der Waals surface area contributed by atoms with Crippen LogP contribution in [0.15, 0.2) is 36.4 Å². The summed E-state index contributed by atoms with van der Waals surface area (Å²) in [6.07, 6.45) is -0.737. The number of ether oxygens (including phenoxy) is 1. The number of fused-ring (bicyclic) bond motifs is 1. The standard InChI is InChI=1S/C20H23FN2O4.C4H6O4/c1-23(2,8-7-13-3-5-14(21)6-4-13)11-18(25)16-9-15(24)10-17-20(16)27-12-19(26)22-17;5-3(6)1-2-4(7)8/h3-6,9-10,18,25H,7-8,11-12H2,1-2H3,(H-,22,24,26);1-2H2,(H,5,6)(H,7,8)/p+1/t18-;/m0./s1. The number of halogens is 1. The number of aliphatic hydroxyl groups is 1. The van der Waals surface area contributed by atoms with E-state index in [0.717, 1.165) is 18.5 Å². The molecule has 3 rings (SSSR count). The molecule has 2 aromatic carbocycles. The summed E-state index contributed by atoms with van der Waals surface area (Å²) in [6.45, 7) is 0.996. The SMILES string of the molecule is C[N+](C)(CCc1ccc(F)cc1)C[C@H](O)c1cc(O)cc2c1OCC(=O)N2.O=C(O)CCC(=O)O. The summed E-state index contributed by atoms with van der Waals surface area (Å²) < 4.78 is 19.0. The number of nitrogens with zero attached hydrogens (tertiary/aromatic N) is 1. The van der Waals surface area contributed by atoms with Crippen LogP contribution in [-0.4, -0.2) is 76.5 Å². The van der Waals surface area contributed by atoms with E-state index in [1.807, 2.05) is 14.1 Å². The van der Waals surface area contributed by atoms with Crippen LogP contribution in [0.1, 0.15) is 30.1 Å². The Morgan fingerprint density at radius 1 is 1.11 bits per heavy atom. The zero-order valence-corrected chi connectivity index (χ0v) is 19.5. The first kappa shape index (κ1) is 27.5. The Balaban J connectivity index is 0.000000466. The van der Waals surface area contributed by atoms with E-state index >= 15 is 0 Å². The molecule has 0 aromatic heterocycles. The van der Waals surface area contributed by atoms with Crippen LogP contribution >= 0.6 is 0 Å². The van der Waals surface area contributed by atoms with Gasteiger partial charge in [0, 0.05) is 18.1 Å². The first-order valence-electron chi connectivity index (χ1n) is 10.8. The lowest BCUT2D eigenvalue weighted by atomic mass is 10.0. The molecule has 0 aliphatic carbocycles. The molecule has 1 amide bonds. The van der Waals surface area contributed by atoms with E-state index in [1.165, 1.54) is 24.3 Å². The van der Waals surface area contributed by atoms with Crippen molar-refractivity contribution in [3.8, 4) is 11.5 Å². The number of rotatable bonds is 9. The Morgan fingerprint density at radius 3 is 2.29 bits per heavy atom. The molecule has 1 aliphatic rings. The van der Waals surface area contributed by atoms with Crippen molar-refractivity contribution in [2.45, 2.75) is 25.4 Å². The predicted molar refractivity (Wildman–Crippen MR) is 124 cm³/mol. The third-order valence-electron chi connectivity index (χ3n) is 5.22. The third kappa shape index (κ3) is 9.22. The van der Waals surface area contributed by atoms with E-state index in [2.05, 4.69) is 5.32 Å². The van der Waals surface area contributed by atoms with Crippen molar-refractivity contribution in [1.29, 1.82) is 0 Å². The van der Waals surface area contributed by atoms with Gasteiger partial charge in [-0.2, -0.15) is 0 Å². The van der Waals surface area contributed by atoms with Gasteiger partial charge in [-0.1, -0.05) is 12.1 Å². The molecule has 1 atom stereocenters. The molecule has 5 N–H and O–H groups in total. The molecule has 1 heterocycles. The minimum atomic E-state index is -1.08. The summed E-state index contributed by atoms with van der Waals surface area (Å²) in [5.74, 6) is -2.38. The number of aliphatic hydroxyl groups excluding tert-OH is 1. The number of carbonyl (C=O) groups excluding carboxylic acids is 1. The Hall–Kier alpha value is -3.70. The van der Waals surface area contributed by atoms with Gasteiger partial charge >= 0.3 is 11.9 Å². The van der Waals surface area contributed by atoms with Crippen molar-refractivity contribution in [2.24, 2.45) is 0 Å². The van der Waals surface area contributed by atoms with Gasteiger partial charge < -0.3 is 35.0 Å². The van der Waals surface area contributed by atoms with Gasteiger partial charge in [-0.15, -0.1) is 0 Å². The highest BCUT2D eigenvalue weighted by Gasteiger charge is 2.28. The number of phenolic OH excluding ortho intramolecular Hbond substituents is 1. The van der Waals surface area contributed by atoms with E-state index in [9.17, 15) is 29.0 Å². The molecule has 190 valence electrons. The van der Waals surface area contributed by atoms with E-state index in [4.69, 9.17) is 14.9 Å². The van der Waals surface area contributed by atoms with Gasteiger partial charge in [-0.05, 0) is 23.8 Å². The number of quaternary nitrogens is 1. The number of likely N-dealkylation sites (N-methyl/N-ethyl adjacent to an activating group) is 1. The van der Waals surface area contributed by atoms with Crippen molar-refractivity contribution >= 4 is 23.5 Å². The minimum absolute atomic E-state index is 0.0507. The molecular weight excluding hydrogens is 463 g/mol. The summed E-state index contributed by atoms with van der Waals surface area (Å²) in [4.78, 5) is 30.8. The largest absolute Gasteiger partial charge is 0.508 e. The predicted octanol–water partition coefficient (Wildman–Crippen LogP) is 2.15. The number of hydrogen-bond acceptors (Lipinski definition) is 6. The average Bonchev–Trinajstić information content (AvgIpc) is 2.76. The highest BCUT2D eigenvalue weighted by Crippen LogP contribution is 2.39. The quantitative estimate of drug-likeness (QED) is 0.333. The fraction of sp³-hybridized carbons (Fsp3) is 0.375. The second-order valence-corrected chi connectivity index (χ2v) is 8.77. The second kappa shape index (κ2) is 12.1. The Morgan fingerprint density at radius 2 is 1.71 bits per heavy atom. The Labute approximate surface area is 201 Å². The molecule has 2 aromatic rings. The van der Waals surface area contributed by atoms with E-state index in [-0.39, 0.29) is 36.9 Å². The van der Waals surface area contributed by atoms with Crippen molar-refractivity contribution in [2.75, 3.05) is 39.1 Å². The van der Waals surface area contributed by atoms with E-state index in [1.54, 1.807) is 12.1 Å². The van der Waals surface area contributed by atoms with Crippen molar-refractivity contribution < 1.29 is 48.4 Å². The summed E-state index contributed by atoms with van der Waals surface area (Å²) in [5.41, 5.74) is 1.83. The number of phenols is 1. The number of hydrogen-bond donors (Lipinski definition) is 5. The number of carbonyl (C=O) groups is 3. The summed E-state index contributed by atoms with van der Waals surface area (Å²) in [7, 11) is 3.98. The molecule has 0 spiro atoms. The minimum Gasteiger partial charge on any atom is -0.508 e. The molecule has 0 bridgehead atoms. The molecule has 0 unspecified atom stereocenters. The number of nitrogens with one attached hydrogen (secondary N) is 1. The van der Waals surface area contributed by atoms with Crippen molar-refractivity contribution in [3.05, 3.63) is 53.3 Å². The smallest absolute Gasteiger partial charge is 0.303 e. The number of amides is 1. The Kier molecular flexibility index (Phi) is 9.55. The highest BCUT2D eigenvalue weighted by atomic mass is 19.1. The molecule has 1 aliphatic heterocycles. The van der Waals surface area contributed by atoms with Crippen LogP contribution in [0.5, 0.6) is 11.5 Å². The molecular formula is C24H30FN2O8+. The number of anilines is 1. The molecule has 35 heavy (non-hydrogen) atoms. The lowest BCUT2D eigenvalue weighted by molar-refractivity contribution is -0.893. The van der Waals surface area contributed by atoms with Crippen LogP contribution in [0.3, 0.4) is 0 Å². The number of benzene rings is 2. The van der Waals surface area contributed by atoms with E-state index < -0.39 is 18.0 Å². The van der Waals surface area contributed by atoms with Crippen LogP contribution in [0.2, 0.25) is 0 Å². The van der Waals surface area contributed by atoms with Crippen LogP contribution in [0, 0.1) is 5.82 Å². The zero-order chi connectivity index (χ0) is 26.2. The summed E-state index contributed by atoms with van der Waals surface area (Å²) in [6, 6.07) is 9.25. The van der Waals surface area contributed by atoms with Gasteiger partial charge in [0.05, 0.1) is 39.2 Å². The summed E-state index contributed by atoms with van der Waals surface area (Å²) >= 11 is 0. The Bertz CT molecular complexity index is 1040.